The maximum atomic E-state index is 16.4. The fourth-order valence-electron chi connectivity index (χ4n) is 4.61. The minimum Gasteiger partial charge on any atom is -0.394 e. The second-order valence-electron chi connectivity index (χ2n) is 11.3. The molecule has 1 aromatic rings. The van der Waals surface area contributed by atoms with Crippen LogP contribution in [0.15, 0.2) is 29.2 Å². The number of likely N-dealkylation sites (tertiary alicyclic amines) is 1. The topological polar surface area (TPSA) is 76.1 Å². The number of aliphatic hydroxyl groups is 1. The molecule has 0 aliphatic carbocycles. The van der Waals surface area contributed by atoms with Crippen molar-refractivity contribution in [3.8, 4) is 0 Å². The van der Waals surface area contributed by atoms with Gasteiger partial charge in [-0.1, -0.05) is 53.7 Å². The standard InChI is InChI=1S/C23H36FNO3S2Si.C5H12O2S.Au/c1-22(2,3)31(24,23(4,5)6)18-10-8-17(9-11-18)30-19-16-20(26)25(21(19)27)12-13-28-14-15-29-7;1-8-5-4-7-3-2-6;/h8-11,19H,12-16H2,1-7H3;6H,2-5H2,1H3;/i24-1;;. The third-order valence-corrected chi connectivity index (χ3v) is 14.0. The van der Waals surface area contributed by atoms with E-state index < -0.39 is 23.7 Å². The van der Waals surface area contributed by atoms with E-state index in [1.807, 2.05) is 78.3 Å². The Morgan fingerprint density at radius 3 is 1.88 bits per heavy atom. The van der Waals surface area contributed by atoms with E-state index >= 15 is 4.11 Å². The molecular weight excluding hydrogens is 770 g/mol. The van der Waals surface area contributed by atoms with Gasteiger partial charge in [0, 0.05) is 45.2 Å². The van der Waals surface area contributed by atoms with Gasteiger partial charge in [0.2, 0.25) is 11.8 Å². The number of rotatable bonds is 14. The molecule has 1 unspecified atom stereocenters. The summed E-state index contributed by atoms with van der Waals surface area (Å²) >= 11 is 4.83. The van der Waals surface area contributed by atoms with Crippen molar-refractivity contribution in [1.29, 1.82) is 0 Å². The van der Waals surface area contributed by atoms with Crippen molar-refractivity contribution in [1.82, 2.24) is 4.90 Å². The van der Waals surface area contributed by atoms with Crippen molar-refractivity contribution in [3.63, 3.8) is 0 Å². The molecule has 1 atom stereocenters. The van der Waals surface area contributed by atoms with E-state index in [-0.39, 0.29) is 47.2 Å². The Balaban J connectivity index is 0.00000147. The van der Waals surface area contributed by atoms with Gasteiger partial charge in [-0.2, -0.15) is 23.5 Å². The van der Waals surface area contributed by atoms with Crippen LogP contribution in [0.4, 0.5) is 4.11 Å². The summed E-state index contributed by atoms with van der Waals surface area (Å²) in [6, 6.07) is 7.54. The number of amides is 2. The summed E-state index contributed by atoms with van der Waals surface area (Å²) in [7, 11) is -3.31. The molecule has 0 saturated carbocycles. The van der Waals surface area contributed by atoms with Crippen molar-refractivity contribution in [2.75, 3.05) is 63.6 Å². The molecule has 1 aliphatic rings. The smallest absolute Gasteiger partial charge is 0.288 e. The van der Waals surface area contributed by atoms with Crippen LogP contribution < -0.4 is 5.19 Å². The first kappa shape index (κ1) is 40.2. The molecule has 1 saturated heterocycles. The van der Waals surface area contributed by atoms with Gasteiger partial charge in [-0.3, -0.25) is 14.5 Å². The Morgan fingerprint density at radius 2 is 1.43 bits per heavy atom. The molecule has 40 heavy (non-hydrogen) atoms. The van der Waals surface area contributed by atoms with Crippen LogP contribution in [0.2, 0.25) is 10.1 Å². The molecule has 0 spiro atoms. The SMILES string of the molecule is CSCCOCCN1C(=O)CC(Sc2ccc([Si]([18F])(C(C)(C)C)C(C)(C)C)cc2)C1=O.CSCCOCCO.[Au]. The first-order chi connectivity index (χ1) is 18.2. The molecule has 2 amide bonds. The largest absolute Gasteiger partial charge is 0.394 e. The van der Waals surface area contributed by atoms with Crippen LogP contribution in [0.3, 0.4) is 0 Å². The van der Waals surface area contributed by atoms with Crippen LogP contribution in [-0.4, -0.2) is 99.1 Å². The Hall–Kier alpha value is 0.177. The van der Waals surface area contributed by atoms with Gasteiger partial charge in [0.05, 0.1) is 44.8 Å². The average molecular weight is 818 g/mol. The van der Waals surface area contributed by atoms with E-state index in [0.29, 0.717) is 26.4 Å². The monoisotopic (exact) mass is 817 g/mol. The van der Waals surface area contributed by atoms with Gasteiger partial charge in [0.1, 0.15) is 0 Å². The molecule has 1 heterocycles. The molecule has 1 radical (unpaired) electrons. The fourth-order valence-corrected chi connectivity index (χ4v) is 10.9. The zero-order valence-corrected chi connectivity index (χ0v) is 30.8. The number of benzene rings is 1. The van der Waals surface area contributed by atoms with E-state index in [1.54, 1.807) is 23.5 Å². The Kier molecular flexibility index (Phi) is 19.5. The summed E-state index contributed by atoms with van der Waals surface area (Å²) in [5, 5.41) is 7.70. The molecule has 1 fully saturated rings. The van der Waals surface area contributed by atoms with Crippen molar-refractivity contribution in [2.45, 2.75) is 68.2 Å². The quantitative estimate of drug-likeness (QED) is 0.117. The zero-order chi connectivity index (χ0) is 29.7. The predicted molar refractivity (Wildman–Crippen MR) is 169 cm³/mol. The van der Waals surface area contributed by atoms with E-state index in [9.17, 15) is 9.59 Å². The summed E-state index contributed by atoms with van der Waals surface area (Å²) < 4.78 is 26.9. The summed E-state index contributed by atoms with van der Waals surface area (Å²) in [4.78, 5) is 27.2. The van der Waals surface area contributed by atoms with E-state index in [2.05, 4.69) is 0 Å². The normalized spacial score (nSPS) is 16.1. The van der Waals surface area contributed by atoms with Gasteiger partial charge >= 0.3 is 0 Å². The van der Waals surface area contributed by atoms with Gasteiger partial charge in [-0.25, -0.2) is 0 Å². The van der Waals surface area contributed by atoms with Gasteiger partial charge in [0.25, 0.3) is 8.41 Å². The number of thioether (sulfide) groups is 3. The number of imide groups is 1. The van der Waals surface area contributed by atoms with Crippen LogP contribution in [0.25, 0.3) is 0 Å². The third kappa shape index (κ3) is 12.0. The van der Waals surface area contributed by atoms with Crippen molar-refractivity contribution in [3.05, 3.63) is 24.3 Å². The molecule has 1 aromatic carbocycles. The number of ether oxygens (including phenoxy) is 2. The molecular formula is C28H48AuFNO5S3Si. The molecule has 2 rings (SSSR count). The summed E-state index contributed by atoms with van der Waals surface area (Å²) in [6.07, 6.45) is 4.23. The Morgan fingerprint density at radius 1 is 0.925 bits per heavy atom. The molecule has 6 nitrogen and oxygen atoms in total. The van der Waals surface area contributed by atoms with Crippen LogP contribution in [0.5, 0.6) is 0 Å². The van der Waals surface area contributed by atoms with Gasteiger partial charge < -0.3 is 18.7 Å². The Labute approximate surface area is 270 Å². The molecule has 1 N–H and O–H groups in total. The fraction of sp³-hybridized carbons (Fsp3) is 0.714. The van der Waals surface area contributed by atoms with Crippen molar-refractivity contribution in [2.24, 2.45) is 0 Å². The van der Waals surface area contributed by atoms with Gasteiger partial charge in [0.15, 0.2) is 0 Å². The molecule has 0 bridgehead atoms. The Bertz CT molecular complexity index is 864. The van der Waals surface area contributed by atoms with Gasteiger partial charge in [-0.05, 0) is 39.9 Å². The molecule has 0 aromatic heterocycles. The minimum atomic E-state index is -3.31. The number of aliphatic hydroxyl groups excluding tert-OH is 1. The number of carbonyl (C=O) groups is 2. The van der Waals surface area contributed by atoms with Gasteiger partial charge in [-0.15, -0.1) is 11.8 Å². The summed E-state index contributed by atoms with van der Waals surface area (Å²) in [5.74, 6) is 1.60. The maximum Gasteiger partial charge on any atom is 0.288 e. The summed E-state index contributed by atoms with van der Waals surface area (Å²) in [6.45, 7) is 14.5. The molecule has 235 valence electrons. The predicted octanol–water partition coefficient (Wildman–Crippen LogP) is 5.36. The number of hydrogen-bond donors (Lipinski definition) is 1. The third-order valence-electron chi connectivity index (χ3n) is 6.36. The van der Waals surface area contributed by atoms with Crippen LogP contribution in [0.1, 0.15) is 48.0 Å². The summed E-state index contributed by atoms with van der Waals surface area (Å²) in [5.41, 5.74) is 0. The number of halogens is 1. The maximum absolute atomic E-state index is 16.4. The van der Waals surface area contributed by atoms with Crippen LogP contribution in [0, 0.1) is 0 Å². The van der Waals surface area contributed by atoms with Crippen molar-refractivity contribution >= 4 is 60.7 Å². The second-order valence-corrected chi connectivity index (χ2v) is 19.5. The number of carbonyl (C=O) groups excluding carboxylic acids is 2. The number of hydrogen-bond acceptors (Lipinski definition) is 8. The van der Waals surface area contributed by atoms with E-state index in [1.165, 1.54) is 16.7 Å². The molecule has 1 aliphatic heterocycles. The zero-order valence-electron chi connectivity index (χ0n) is 25.2. The van der Waals surface area contributed by atoms with Crippen LogP contribution in [-0.2, 0) is 41.4 Å². The second kappa shape index (κ2) is 19.5. The van der Waals surface area contributed by atoms with Crippen LogP contribution >= 0.6 is 35.3 Å². The minimum absolute atomic E-state index is 0. The van der Waals surface area contributed by atoms with Crippen molar-refractivity contribution < 1.29 is 50.7 Å². The van der Waals surface area contributed by atoms with E-state index in [4.69, 9.17) is 14.6 Å². The first-order valence-electron chi connectivity index (χ1n) is 13.3. The number of nitrogens with zero attached hydrogens (tertiary/aromatic N) is 1. The average Bonchev–Trinajstić information content (AvgIpc) is 3.12. The molecule has 12 heteroatoms. The first-order valence-corrected chi connectivity index (χ1v) is 18.8. The van der Waals surface area contributed by atoms with E-state index in [0.717, 1.165) is 28.2 Å².